The van der Waals surface area contributed by atoms with Crippen molar-refractivity contribution in [1.82, 2.24) is 25.2 Å². The number of amides is 3. The van der Waals surface area contributed by atoms with E-state index in [2.05, 4.69) is 20.3 Å². The van der Waals surface area contributed by atoms with Crippen LogP contribution in [0, 0.1) is 6.92 Å². The van der Waals surface area contributed by atoms with Gasteiger partial charge in [0.05, 0.1) is 50.2 Å². The summed E-state index contributed by atoms with van der Waals surface area (Å²) in [7, 11) is 1.29. The van der Waals surface area contributed by atoms with Crippen LogP contribution in [0.2, 0.25) is 0 Å². The van der Waals surface area contributed by atoms with Crippen LogP contribution in [0.25, 0.3) is 10.6 Å². The van der Waals surface area contributed by atoms with E-state index in [0.717, 1.165) is 17.3 Å². The molecule has 3 aromatic rings. The number of ether oxygens (including phenoxy) is 3. The van der Waals surface area contributed by atoms with E-state index in [4.69, 9.17) is 14.2 Å². The average Bonchev–Trinajstić information content (AvgIpc) is 3.43. The normalized spacial score (nSPS) is 17.6. The summed E-state index contributed by atoms with van der Waals surface area (Å²) in [6.45, 7) is 4.07. The van der Waals surface area contributed by atoms with Gasteiger partial charge in [-0.2, -0.15) is 13.2 Å². The van der Waals surface area contributed by atoms with Crippen LogP contribution in [0.3, 0.4) is 0 Å². The number of methoxy groups -OCH3 is 1. The lowest BCUT2D eigenvalue weighted by molar-refractivity contribution is -0.145. The smallest absolute Gasteiger partial charge is 0.451 e. The summed E-state index contributed by atoms with van der Waals surface area (Å²) in [6, 6.07) is 2.35. The predicted molar refractivity (Wildman–Crippen MR) is 147 cm³/mol. The fourth-order valence-electron chi connectivity index (χ4n) is 4.68. The number of rotatable bonds is 6. The topological polar surface area (TPSA) is 136 Å². The van der Waals surface area contributed by atoms with E-state index in [9.17, 15) is 27.6 Å². The number of aryl methyl sites for hydroxylation is 1. The summed E-state index contributed by atoms with van der Waals surface area (Å²) in [6.07, 6.45) is -2.04. The van der Waals surface area contributed by atoms with Crippen LogP contribution in [-0.4, -0.2) is 83.8 Å². The molecule has 2 aliphatic rings. The van der Waals surface area contributed by atoms with E-state index in [-0.39, 0.29) is 43.3 Å². The Hall–Kier alpha value is -4.31. The minimum atomic E-state index is -4.69. The molecular weight excluding hydrogens is 593 g/mol. The van der Waals surface area contributed by atoms with Crippen molar-refractivity contribution in [1.29, 1.82) is 0 Å². The Labute approximate surface area is 247 Å². The van der Waals surface area contributed by atoms with Gasteiger partial charge in [0.25, 0.3) is 11.8 Å². The van der Waals surface area contributed by atoms with Gasteiger partial charge in [-0.3, -0.25) is 9.59 Å². The van der Waals surface area contributed by atoms with Crippen molar-refractivity contribution in [3.05, 3.63) is 52.6 Å². The molecule has 12 nitrogen and oxygen atoms in total. The number of nitrogens with one attached hydrogen (secondary N) is 1. The molecule has 0 radical (unpaired) electrons. The third-order valence-electron chi connectivity index (χ3n) is 6.85. The molecule has 43 heavy (non-hydrogen) atoms. The second-order valence-electron chi connectivity index (χ2n) is 9.88. The largest absolute Gasteiger partial charge is 0.481 e. The second kappa shape index (κ2) is 12.1. The zero-order chi connectivity index (χ0) is 30.9. The van der Waals surface area contributed by atoms with Gasteiger partial charge in [-0.25, -0.2) is 19.7 Å². The third-order valence-corrected chi connectivity index (χ3v) is 7.79. The van der Waals surface area contributed by atoms with Crippen LogP contribution >= 0.6 is 11.3 Å². The lowest BCUT2D eigenvalue weighted by atomic mass is 10.0. The highest BCUT2D eigenvalue weighted by atomic mass is 32.1. The van der Waals surface area contributed by atoms with Crippen LogP contribution in [0.15, 0.2) is 30.7 Å². The number of anilines is 1. The fourth-order valence-corrected chi connectivity index (χ4v) is 5.46. The fraction of sp³-hybridized carbons (Fsp3) is 0.407. The minimum absolute atomic E-state index is 0.0728. The molecule has 1 aromatic carbocycles. The maximum Gasteiger partial charge on any atom is 0.451 e. The highest BCUT2D eigenvalue weighted by Gasteiger charge is 2.36. The number of carbonyl (C=O) groups is 3. The SMILES string of the molecule is COC(=O)N1CCOC(CN2C(=O)COc3c(-c4ncc(C)s4)cc(C(=O)N[C@H](C)c4cnc(C(F)(F)F)nc4)cc32)C1. The van der Waals surface area contributed by atoms with Crippen LogP contribution in [0.1, 0.15) is 39.6 Å². The predicted octanol–water partition coefficient (Wildman–Crippen LogP) is 3.61. The van der Waals surface area contributed by atoms with Gasteiger partial charge in [-0.05, 0) is 26.0 Å². The van der Waals surface area contributed by atoms with Crippen LogP contribution in [-0.2, 0) is 20.4 Å². The minimum Gasteiger partial charge on any atom is -0.481 e. The zero-order valence-electron chi connectivity index (χ0n) is 23.3. The quantitative estimate of drug-likeness (QED) is 0.438. The summed E-state index contributed by atoms with van der Waals surface area (Å²) in [5, 5.41) is 3.31. The molecule has 2 aromatic heterocycles. The van der Waals surface area contributed by atoms with Gasteiger partial charge in [-0.1, -0.05) is 0 Å². The Morgan fingerprint density at radius 3 is 2.60 bits per heavy atom. The molecule has 5 rings (SSSR count). The number of nitrogens with zero attached hydrogens (tertiary/aromatic N) is 5. The summed E-state index contributed by atoms with van der Waals surface area (Å²) in [5.74, 6) is -1.86. The standard InChI is InChI=1S/C27H27F3N6O6S/c1-14-8-31-24(43-14)19-6-16(23(38)34-15(2)17-9-32-25(33-10-17)27(28,29)30)7-20-22(19)42-13-21(37)36(20)12-18-11-35(4-5-41-18)26(39)40-3/h6-10,15,18H,4-5,11-13H2,1-3H3,(H,34,38)/t15-,18?/m1/s1. The molecule has 0 aliphatic carbocycles. The van der Waals surface area contributed by atoms with Gasteiger partial charge in [0.1, 0.15) is 5.01 Å². The molecule has 16 heteroatoms. The highest BCUT2D eigenvalue weighted by molar-refractivity contribution is 7.15. The second-order valence-corrected chi connectivity index (χ2v) is 11.1. The maximum absolute atomic E-state index is 13.5. The van der Waals surface area contributed by atoms with Crippen LogP contribution < -0.4 is 15.0 Å². The molecule has 3 amide bonds. The molecule has 2 aliphatic heterocycles. The number of benzene rings is 1. The number of carbonyl (C=O) groups excluding carboxylic acids is 3. The number of thiazole rings is 1. The summed E-state index contributed by atoms with van der Waals surface area (Å²) in [4.78, 5) is 53.7. The first-order chi connectivity index (χ1) is 20.4. The van der Waals surface area contributed by atoms with Gasteiger partial charge >= 0.3 is 12.3 Å². The molecule has 0 bridgehead atoms. The van der Waals surface area contributed by atoms with Gasteiger partial charge in [0.15, 0.2) is 12.4 Å². The van der Waals surface area contributed by atoms with Crippen molar-refractivity contribution in [3.63, 3.8) is 0 Å². The number of alkyl halides is 3. The van der Waals surface area contributed by atoms with Crippen molar-refractivity contribution >= 4 is 34.9 Å². The Bertz CT molecular complexity index is 1530. The number of aromatic nitrogens is 3. The average molecular weight is 621 g/mol. The Kier molecular flexibility index (Phi) is 8.50. The highest BCUT2D eigenvalue weighted by Crippen LogP contribution is 2.43. The molecule has 2 atom stereocenters. The maximum atomic E-state index is 13.5. The van der Waals surface area contributed by atoms with Gasteiger partial charge in [0.2, 0.25) is 5.82 Å². The Balaban J connectivity index is 1.46. The van der Waals surface area contributed by atoms with E-state index in [1.165, 1.54) is 34.3 Å². The lowest BCUT2D eigenvalue weighted by Crippen LogP contribution is -2.52. The number of fused-ring (bicyclic) bond motifs is 1. The summed E-state index contributed by atoms with van der Waals surface area (Å²) < 4.78 is 55.2. The van der Waals surface area contributed by atoms with Crippen LogP contribution in [0.4, 0.5) is 23.7 Å². The first-order valence-electron chi connectivity index (χ1n) is 13.1. The van der Waals surface area contributed by atoms with E-state index >= 15 is 0 Å². The molecule has 0 saturated carbocycles. The van der Waals surface area contributed by atoms with E-state index in [1.807, 2.05) is 6.92 Å². The molecular formula is C27H27F3N6O6S. The summed E-state index contributed by atoms with van der Waals surface area (Å²) in [5.41, 5.74) is 1.23. The molecule has 4 heterocycles. The molecule has 1 saturated heterocycles. The Morgan fingerprint density at radius 2 is 1.95 bits per heavy atom. The molecule has 1 unspecified atom stereocenters. The summed E-state index contributed by atoms with van der Waals surface area (Å²) >= 11 is 1.37. The van der Waals surface area contributed by atoms with Crippen molar-refractivity contribution < 1.29 is 41.8 Å². The number of hydrogen-bond acceptors (Lipinski definition) is 10. The molecule has 1 N–H and O–H groups in total. The van der Waals surface area contributed by atoms with E-state index < -0.39 is 36.1 Å². The van der Waals surface area contributed by atoms with Gasteiger partial charge < -0.3 is 29.3 Å². The first-order valence-corrected chi connectivity index (χ1v) is 13.9. The van der Waals surface area contributed by atoms with Gasteiger partial charge in [-0.15, -0.1) is 11.3 Å². The van der Waals surface area contributed by atoms with E-state index in [0.29, 0.717) is 28.6 Å². The van der Waals surface area contributed by atoms with Crippen molar-refractivity contribution in [3.8, 4) is 16.3 Å². The first kappa shape index (κ1) is 30.2. The Morgan fingerprint density at radius 1 is 1.21 bits per heavy atom. The third kappa shape index (κ3) is 6.54. The van der Waals surface area contributed by atoms with Crippen molar-refractivity contribution in [2.24, 2.45) is 0 Å². The number of halogens is 3. The zero-order valence-corrected chi connectivity index (χ0v) is 24.1. The molecule has 1 fully saturated rings. The molecule has 0 spiro atoms. The van der Waals surface area contributed by atoms with Crippen LogP contribution in [0.5, 0.6) is 5.75 Å². The number of hydrogen-bond donors (Lipinski definition) is 1. The van der Waals surface area contributed by atoms with Gasteiger partial charge in [0, 0.05) is 41.1 Å². The lowest BCUT2D eigenvalue weighted by Gasteiger charge is -2.37. The van der Waals surface area contributed by atoms with Crippen molar-refractivity contribution in [2.45, 2.75) is 32.2 Å². The van der Waals surface area contributed by atoms with Crippen molar-refractivity contribution in [2.75, 3.05) is 44.9 Å². The monoisotopic (exact) mass is 620 g/mol. The number of morpholine rings is 1. The molecule has 228 valence electrons. The van der Waals surface area contributed by atoms with E-state index in [1.54, 1.807) is 19.2 Å².